The predicted octanol–water partition coefficient (Wildman–Crippen LogP) is 3.13. The number of hydrogen-bond donors (Lipinski definition) is 1. The molecule has 0 bridgehead atoms. The number of phenols is 1. The van der Waals surface area contributed by atoms with Crippen molar-refractivity contribution in [2.24, 2.45) is 0 Å². The van der Waals surface area contributed by atoms with E-state index in [2.05, 4.69) is 0 Å². The molecule has 7 heteroatoms. The molecule has 2 aromatic rings. The van der Waals surface area contributed by atoms with E-state index in [4.69, 9.17) is 23.7 Å². The lowest BCUT2D eigenvalue weighted by Gasteiger charge is -2.27. The maximum absolute atomic E-state index is 12.7. The Balaban J connectivity index is 2.05. The van der Waals surface area contributed by atoms with Crippen molar-refractivity contribution < 1.29 is 33.6 Å². The third-order valence-corrected chi connectivity index (χ3v) is 4.29. The average Bonchev–Trinajstić information content (AvgIpc) is 2.66. The molecule has 0 aromatic heterocycles. The summed E-state index contributed by atoms with van der Waals surface area (Å²) in [6.07, 6.45) is -0.442. The molecule has 1 N–H and O–H groups in total. The zero-order chi connectivity index (χ0) is 18.8. The minimum Gasteiger partial charge on any atom is -0.502 e. The number of hydrogen-bond acceptors (Lipinski definition) is 7. The van der Waals surface area contributed by atoms with Crippen molar-refractivity contribution in [3.8, 4) is 34.5 Å². The molecule has 0 aliphatic carbocycles. The van der Waals surface area contributed by atoms with Crippen LogP contribution in [0.4, 0.5) is 0 Å². The molecule has 1 atom stereocenters. The first kappa shape index (κ1) is 17.7. The van der Waals surface area contributed by atoms with E-state index in [1.165, 1.54) is 28.4 Å². The Kier molecular flexibility index (Phi) is 4.79. The Labute approximate surface area is 151 Å². The standard InChI is InChI=1S/C19H20O7/c1-22-11-7-14(23-2)18-12(20)9-13(26-15(18)8-11)10-5-16(24-3)19(21)17(6-10)25-4/h5-8,13,21H,9H2,1-4H3. The quantitative estimate of drug-likeness (QED) is 0.877. The van der Waals surface area contributed by atoms with Gasteiger partial charge in [-0.25, -0.2) is 0 Å². The smallest absolute Gasteiger partial charge is 0.200 e. The molecule has 138 valence electrons. The third kappa shape index (κ3) is 2.96. The lowest BCUT2D eigenvalue weighted by atomic mass is 9.95. The van der Waals surface area contributed by atoms with Crippen molar-refractivity contribution in [3.05, 3.63) is 35.4 Å². The lowest BCUT2D eigenvalue weighted by Crippen LogP contribution is -2.21. The molecule has 0 spiro atoms. The molecule has 26 heavy (non-hydrogen) atoms. The third-order valence-electron chi connectivity index (χ3n) is 4.29. The SMILES string of the molecule is COc1cc(OC)c2c(c1)OC(c1cc(OC)c(O)c(OC)c1)CC2=O. The van der Waals surface area contributed by atoms with Crippen LogP contribution in [0.15, 0.2) is 24.3 Å². The van der Waals surface area contributed by atoms with Gasteiger partial charge in [0.25, 0.3) is 0 Å². The fourth-order valence-corrected chi connectivity index (χ4v) is 2.96. The van der Waals surface area contributed by atoms with Gasteiger partial charge >= 0.3 is 0 Å². The van der Waals surface area contributed by atoms with Crippen molar-refractivity contribution in [3.63, 3.8) is 0 Å². The fourth-order valence-electron chi connectivity index (χ4n) is 2.96. The Hall–Kier alpha value is -3.09. The first-order valence-electron chi connectivity index (χ1n) is 7.93. The van der Waals surface area contributed by atoms with Gasteiger partial charge in [-0.2, -0.15) is 0 Å². The van der Waals surface area contributed by atoms with Crippen LogP contribution in [0.5, 0.6) is 34.5 Å². The maximum atomic E-state index is 12.7. The minimum atomic E-state index is -0.560. The zero-order valence-corrected chi connectivity index (χ0v) is 15.0. The van der Waals surface area contributed by atoms with Crippen LogP contribution in [-0.4, -0.2) is 39.3 Å². The van der Waals surface area contributed by atoms with Gasteiger partial charge < -0.3 is 28.8 Å². The van der Waals surface area contributed by atoms with E-state index in [1.54, 1.807) is 24.3 Å². The van der Waals surface area contributed by atoms with Crippen molar-refractivity contribution in [1.82, 2.24) is 0 Å². The first-order chi connectivity index (χ1) is 12.5. The molecule has 0 saturated heterocycles. The highest BCUT2D eigenvalue weighted by Crippen LogP contribution is 2.45. The normalized spacial score (nSPS) is 15.7. The van der Waals surface area contributed by atoms with Crippen molar-refractivity contribution in [1.29, 1.82) is 0 Å². The van der Waals surface area contributed by atoms with Crippen molar-refractivity contribution in [2.75, 3.05) is 28.4 Å². The van der Waals surface area contributed by atoms with Gasteiger partial charge in [0.05, 0.1) is 34.9 Å². The molecule has 3 rings (SSSR count). The van der Waals surface area contributed by atoms with Gasteiger partial charge in [0.15, 0.2) is 17.3 Å². The molecule has 1 heterocycles. The summed E-state index contributed by atoms with van der Waals surface area (Å²) < 4.78 is 26.9. The summed E-state index contributed by atoms with van der Waals surface area (Å²) in [6.45, 7) is 0. The highest BCUT2D eigenvalue weighted by Gasteiger charge is 2.32. The number of ether oxygens (including phenoxy) is 5. The Morgan fingerprint density at radius 3 is 2.08 bits per heavy atom. The van der Waals surface area contributed by atoms with Gasteiger partial charge in [0.2, 0.25) is 5.75 Å². The number of carbonyl (C=O) groups excluding carboxylic acids is 1. The molecule has 0 radical (unpaired) electrons. The summed E-state index contributed by atoms with van der Waals surface area (Å²) in [5.74, 6) is 1.58. The molecule has 1 unspecified atom stereocenters. The van der Waals surface area contributed by atoms with E-state index in [0.29, 0.717) is 28.4 Å². The summed E-state index contributed by atoms with van der Waals surface area (Å²) in [4.78, 5) is 12.7. The molecular formula is C19H20O7. The summed E-state index contributed by atoms with van der Waals surface area (Å²) in [5.41, 5.74) is 1.04. The van der Waals surface area contributed by atoms with Crippen LogP contribution in [0.2, 0.25) is 0 Å². The number of Topliss-reactive ketones (excluding diaryl/α,β-unsaturated/α-hetero) is 1. The molecule has 0 amide bonds. The van der Waals surface area contributed by atoms with Crippen LogP contribution < -0.4 is 23.7 Å². The summed E-state index contributed by atoms with van der Waals surface area (Å²) >= 11 is 0. The van der Waals surface area contributed by atoms with E-state index in [0.717, 1.165) is 0 Å². The number of carbonyl (C=O) groups is 1. The Morgan fingerprint density at radius 1 is 0.923 bits per heavy atom. The highest BCUT2D eigenvalue weighted by atomic mass is 16.5. The molecule has 0 fully saturated rings. The number of fused-ring (bicyclic) bond motifs is 1. The van der Waals surface area contributed by atoms with Crippen LogP contribution in [0.25, 0.3) is 0 Å². The molecular weight excluding hydrogens is 340 g/mol. The topological polar surface area (TPSA) is 83.5 Å². The zero-order valence-electron chi connectivity index (χ0n) is 15.0. The second-order valence-corrected chi connectivity index (χ2v) is 5.71. The van der Waals surface area contributed by atoms with Crippen LogP contribution in [0.3, 0.4) is 0 Å². The number of rotatable bonds is 5. The Morgan fingerprint density at radius 2 is 1.54 bits per heavy atom. The maximum Gasteiger partial charge on any atom is 0.200 e. The van der Waals surface area contributed by atoms with E-state index in [-0.39, 0.29) is 29.5 Å². The van der Waals surface area contributed by atoms with E-state index < -0.39 is 6.10 Å². The number of methoxy groups -OCH3 is 4. The summed E-state index contributed by atoms with van der Waals surface area (Å²) in [6, 6.07) is 6.54. The number of ketones is 1. The van der Waals surface area contributed by atoms with Gasteiger partial charge in [-0.05, 0) is 12.1 Å². The Bertz CT molecular complexity index is 819. The largest absolute Gasteiger partial charge is 0.502 e. The van der Waals surface area contributed by atoms with E-state index >= 15 is 0 Å². The predicted molar refractivity (Wildman–Crippen MR) is 93.1 cm³/mol. The molecule has 1 aliphatic rings. The van der Waals surface area contributed by atoms with Crippen molar-refractivity contribution in [2.45, 2.75) is 12.5 Å². The highest BCUT2D eigenvalue weighted by molar-refractivity contribution is 6.02. The van der Waals surface area contributed by atoms with E-state index in [1.807, 2.05) is 0 Å². The van der Waals surface area contributed by atoms with Gasteiger partial charge in [-0.15, -0.1) is 0 Å². The molecule has 2 aromatic carbocycles. The monoisotopic (exact) mass is 360 g/mol. The van der Waals surface area contributed by atoms with Crippen LogP contribution in [0.1, 0.15) is 28.4 Å². The average molecular weight is 360 g/mol. The number of benzene rings is 2. The van der Waals surface area contributed by atoms with Gasteiger partial charge in [0, 0.05) is 17.7 Å². The number of phenolic OH excluding ortho intramolecular Hbond substituents is 1. The van der Waals surface area contributed by atoms with Crippen LogP contribution in [-0.2, 0) is 0 Å². The minimum absolute atomic E-state index is 0.107. The summed E-state index contributed by atoms with van der Waals surface area (Å²) in [7, 11) is 5.90. The second kappa shape index (κ2) is 7.03. The van der Waals surface area contributed by atoms with Crippen LogP contribution in [0, 0.1) is 0 Å². The fraction of sp³-hybridized carbons (Fsp3) is 0.316. The number of aromatic hydroxyl groups is 1. The van der Waals surface area contributed by atoms with Crippen molar-refractivity contribution >= 4 is 5.78 Å². The van der Waals surface area contributed by atoms with E-state index in [9.17, 15) is 9.90 Å². The van der Waals surface area contributed by atoms with Gasteiger partial charge in [0.1, 0.15) is 28.9 Å². The second-order valence-electron chi connectivity index (χ2n) is 5.71. The molecule has 1 aliphatic heterocycles. The van der Waals surface area contributed by atoms with Gasteiger partial charge in [-0.1, -0.05) is 0 Å². The molecule has 7 nitrogen and oxygen atoms in total. The summed E-state index contributed by atoms with van der Waals surface area (Å²) in [5, 5.41) is 10.1. The van der Waals surface area contributed by atoms with Crippen LogP contribution >= 0.6 is 0 Å². The van der Waals surface area contributed by atoms with Gasteiger partial charge in [-0.3, -0.25) is 4.79 Å². The lowest BCUT2D eigenvalue weighted by molar-refractivity contribution is 0.0843. The molecule has 0 saturated carbocycles. The first-order valence-corrected chi connectivity index (χ1v) is 7.93.